The van der Waals surface area contributed by atoms with Crippen LogP contribution < -0.4 is 10.1 Å². The standard InChI is InChI=1S/C17H25N3OS/c1-13(9-10-20(3)4)21-15-7-5-14(6-8-15)17-19-12-16(22-17)11-18-2/h5-8,12-13,18H,9-11H2,1-4H3. The summed E-state index contributed by atoms with van der Waals surface area (Å²) in [5, 5.41) is 4.20. The Hall–Kier alpha value is -1.43. The molecule has 5 heteroatoms. The van der Waals surface area contributed by atoms with Crippen molar-refractivity contribution in [1.29, 1.82) is 0 Å². The van der Waals surface area contributed by atoms with Crippen molar-refractivity contribution < 1.29 is 4.74 Å². The number of benzene rings is 1. The van der Waals surface area contributed by atoms with E-state index in [-0.39, 0.29) is 6.10 Å². The van der Waals surface area contributed by atoms with Gasteiger partial charge in [0.15, 0.2) is 0 Å². The van der Waals surface area contributed by atoms with E-state index < -0.39 is 0 Å². The molecule has 4 nitrogen and oxygen atoms in total. The van der Waals surface area contributed by atoms with E-state index in [2.05, 4.69) is 48.4 Å². The van der Waals surface area contributed by atoms with Gasteiger partial charge in [-0.1, -0.05) is 0 Å². The molecule has 0 saturated heterocycles. The second-order valence-corrected chi connectivity index (χ2v) is 6.82. The molecule has 120 valence electrons. The molecule has 0 aliphatic carbocycles. The molecule has 0 aliphatic heterocycles. The summed E-state index contributed by atoms with van der Waals surface area (Å²) >= 11 is 1.72. The van der Waals surface area contributed by atoms with Crippen LogP contribution in [0, 0.1) is 0 Å². The SMILES string of the molecule is CNCc1cnc(-c2ccc(OC(C)CCN(C)C)cc2)s1. The minimum atomic E-state index is 0.218. The zero-order chi connectivity index (χ0) is 15.9. The Kier molecular flexibility index (Phi) is 6.36. The minimum Gasteiger partial charge on any atom is -0.491 e. The van der Waals surface area contributed by atoms with Crippen LogP contribution in [0.25, 0.3) is 10.6 Å². The molecule has 0 aliphatic rings. The zero-order valence-corrected chi connectivity index (χ0v) is 14.6. The van der Waals surface area contributed by atoms with Crippen molar-refractivity contribution >= 4 is 11.3 Å². The van der Waals surface area contributed by atoms with Gasteiger partial charge in [-0.15, -0.1) is 11.3 Å². The summed E-state index contributed by atoms with van der Waals surface area (Å²) in [4.78, 5) is 7.90. The number of hydrogen-bond donors (Lipinski definition) is 1. The normalized spacial score (nSPS) is 12.6. The third kappa shape index (κ3) is 5.09. The molecular formula is C17H25N3OS. The highest BCUT2D eigenvalue weighted by Crippen LogP contribution is 2.27. The Labute approximate surface area is 137 Å². The highest BCUT2D eigenvalue weighted by Gasteiger charge is 2.07. The Bertz CT molecular complexity index is 566. The van der Waals surface area contributed by atoms with Gasteiger partial charge in [-0.05, 0) is 58.8 Å². The second kappa shape index (κ2) is 8.27. The molecule has 1 heterocycles. The Morgan fingerprint density at radius 2 is 2.00 bits per heavy atom. The predicted molar refractivity (Wildman–Crippen MR) is 93.6 cm³/mol. The molecule has 2 rings (SSSR count). The lowest BCUT2D eigenvalue weighted by Gasteiger charge is -2.17. The number of rotatable bonds is 8. The van der Waals surface area contributed by atoms with Gasteiger partial charge in [-0.25, -0.2) is 4.98 Å². The van der Waals surface area contributed by atoms with E-state index in [1.807, 2.05) is 25.4 Å². The fourth-order valence-corrected chi connectivity index (χ4v) is 3.03. The first-order valence-electron chi connectivity index (χ1n) is 7.59. The molecule has 22 heavy (non-hydrogen) atoms. The van der Waals surface area contributed by atoms with Crippen LogP contribution in [0.4, 0.5) is 0 Å². The molecule has 1 unspecified atom stereocenters. The molecule has 1 aromatic heterocycles. The van der Waals surface area contributed by atoms with Gasteiger partial charge in [0.05, 0.1) is 6.10 Å². The third-order valence-corrected chi connectivity index (χ3v) is 4.37. The Morgan fingerprint density at radius 3 is 2.64 bits per heavy atom. The van der Waals surface area contributed by atoms with Gasteiger partial charge >= 0.3 is 0 Å². The van der Waals surface area contributed by atoms with Crippen LogP contribution >= 0.6 is 11.3 Å². The maximum atomic E-state index is 5.95. The van der Waals surface area contributed by atoms with Gasteiger partial charge in [0, 0.05) is 29.7 Å². The molecule has 1 atom stereocenters. The minimum absolute atomic E-state index is 0.218. The maximum absolute atomic E-state index is 5.95. The second-order valence-electron chi connectivity index (χ2n) is 5.71. The molecule has 0 saturated carbocycles. The first-order chi connectivity index (χ1) is 10.6. The highest BCUT2D eigenvalue weighted by atomic mass is 32.1. The molecule has 1 aromatic carbocycles. The van der Waals surface area contributed by atoms with E-state index >= 15 is 0 Å². The fraction of sp³-hybridized carbons (Fsp3) is 0.471. The summed E-state index contributed by atoms with van der Waals surface area (Å²) < 4.78 is 5.95. The van der Waals surface area contributed by atoms with Crippen LogP contribution in [-0.2, 0) is 6.54 Å². The highest BCUT2D eigenvalue weighted by molar-refractivity contribution is 7.15. The predicted octanol–water partition coefficient (Wildman–Crippen LogP) is 3.25. The molecule has 0 bridgehead atoms. The molecular weight excluding hydrogens is 294 g/mol. The van der Waals surface area contributed by atoms with Crippen molar-refractivity contribution in [1.82, 2.24) is 15.2 Å². The van der Waals surface area contributed by atoms with Crippen LogP contribution in [0.1, 0.15) is 18.2 Å². The van der Waals surface area contributed by atoms with Crippen molar-refractivity contribution in [3.05, 3.63) is 35.3 Å². The summed E-state index contributed by atoms with van der Waals surface area (Å²) in [6.45, 7) is 4.01. The number of hydrogen-bond acceptors (Lipinski definition) is 5. The first-order valence-corrected chi connectivity index (χ1v) is 8.41. The largest absolute Gasteiger partial charge is 0.491 e. The van der Waals surface area contributed by atoms with Crippen molar-refractivity contribution in [3.63, 3.8) is 0 Å². The van der Waals surface area contributed by atoms with Gasteiger partial charge in [-0.3, -0.25) is 0 Å². The molecule has 0 radical (unpaired) electrons. The van der Waals surface area contributed by atoms with E-state index in [0.717, 1.165) is 35.8 Å². The summed E-state index contributed by atoms with van der Waals surface area (Å²) in [5.41, 5.74) is 1.14. The number of ether oxygens (including phenoxy) is 1. The average Bonchev–Trinajstić information content (AvgIpc) is 2.95. The van der Waals surface area contributed by atoms with Gasteiger partial charge < -0.3 is 15.0 Å². The summed E-state index contributed by atoms with van der Waals surface area (Å²) in [5.74, 6) is 0.919. The summed E-state index contributed by atoms with van der Waals surface area (Å²) in [6.07, 6.45) is 3.18. The summed E-state index contributed by atoms with van der Waals surface area (Å²) in [6, 6.07) is 8.22. The monoisotopic (exact) mass is 319 g/mol. The Morgan fingerprint density at radius 1 is 1.27 bits per heavy atom. The van der Waals surface area contributed by atoms with Crippen molar-refractivity contribution in [2.75, 3.05) is 27.7 Å². The lowest BCUT2D eigenvalue weighted by atomic mass is 10.2. The number of aromatic nitrogens is 1. The lowest BCUT2D eigenvalue weighted by molar-refractivity contribution is 0.194. The first kappa shape index (κ1) is 16.9. The van der Waals surface area contributed by atoms with E-state index in [4.69, 9.17) is 4.74 Å². The quantitative estimate of drug-likeness (QED) is 0.810. The van der Waals surface area contributed by atoms with Gasteiger partial charge in [0.2, 0.25) is 0 Å². The van der Waals surface area contributed by atoms with Crippen LogP contribution in [0.2, 0.25) is 0 Å². The topological polar surface area (TPSA) is 37.4 Å². The molecule has 0 spiro atoms. The van der Waals surface area contributed by atoms with Gasteiger partial charge in [-0.2, -0.15) is 0 Å². The van der Waals surface area contributed by atoms with Crippen LogP contribution in [0.5, 0.6) is 5.75 Å². The number of thiazole rings is 1. The van der Waals surface area contributed by atoms with Crippen molar-refractivity contribution in [2.45, 2.75) is 26.0 Å². The fourth-order valence-electron chi connectivity index (χ4n) is 2.10. The zero-order valence-electron chi connectivity index (χ0n) is 13.8. The van der Waals surface area contributed by atoms with Crippen molar-refractivity contribution in [3.8, 4) is 16.3 Å². The van der Waals surface area contributed by atoms with Gasteiger partial charge in [0.25, 0.3) is 0 Å². The molecule has 0 fully saturated rings. The van der Waals surface area contributed by atoms with Crippen LogP contribution in [0.3, 0.4) is 0 Å². The molecule has 2 aromatic rings. The van der Waals surface area contributed by atoms with E-state index in [1.165, 1.54) is 4.88 Å². The van der Waals surface area contributed by atoms with Crippen LogP contribution in [0.15, 0.2) is 30.5 Å². The number of nitrogens with one attached hydrogen (secondary N) is 1. The Balaban J connectivity index is 1.94. The van der Waals surface area contributed by atoms with E-state index in [1.54, 1.807) is 11.3 Å². The molecule has 1 N–H and O–H groups in total. The van der Waals surface area contributed by atoms with E-state index in [0.29, 0.717) is 0 Å². The van der Waals surface area contributed by atoms with Gasteiger partial charge in [0.1, 0.15) is 10.8 Å². The summed E-state index contributed by atoms with van der Waals surface area (Å²) in [7, 11) is 6.11. The van der Waals surface area contributed by atoms with E-state index in [9.17, 15) is 0 Å². The van der Waals surface area contributed by atoms with Crippen LogP contribution in [-0.4, -0.2) is 43.7 Å². The lowest BCUT2D eigenvalue weighted by Crippen LogP contribution is -2.21. The maximum Gasteiger partial charge on any atom is 0.123 e. The smallest absolute Gasteiger partial charge is 0.123 e. The number of nitrogens with zero attached hydrogens (tertiary/aromatic N) is 2. The van der Waals surface area contributed by atoms with Crippen molar-refractivity contribution in [2.24, 2.45) is 0 Å². The third-order valence-electron chi connectivity index (χ3n) is 3.33. The molecule has 0 amide bonds. The average molecular weight is 319 g/mol.